The van der Waals surface area contributed by atoms with Crippen LogP contribution in [-0.2, 0) is 10.0 Å². The van der Waals surface area contributed by atoms with Gasteiger partial charge in [-0.3, -0.25) is 4.72 Å². The maximum absolute atomic E-state index is 12.6. The van der Waals surface area contributed by atoms with Crippen LogP contribution >= 0.6 is 15.9 Å². The molecule has 0 bridgehead atoms. The number of sulfonamides is 1. The maximum Gasteiger partial charge on any atom is 0.263 e. The molecule has 0 saturated heterocycles. The van der Waals surface area contributed by atoms with Crippen molar-refractivity contribution in [3.05, 3.63) is 52.9 Å². The van der Waals surface area contributed by atoms with E-state index in [1.807, 2.05) is 0 Å². The first-order valence-electron chi connectivity index (χ1n) is 4.87. The highest BCUT2D eigenvalue weighted by Gasteiger charge is 2.14. The summed E-state index contributed by atoms with van der Waals surface area (Å²) in [7, 11) is -3.70. The topological polar surface area (TPSA) is 59.1 Å². The van der Waals surface area contributed by atoms with Gasteiger partial charge < -0.3 is 0 Å². The second kappa shape index (κ2) is 5.03. The molecule has 7 heteroatoms. The lowest BCUT2D eigenvalue weighted by molar-refractivity contribution is 0.600. The summed E-state index contributed by atoms with van der Waals surface area (Å²) in [4.78, 5) is 3.74. The summed E-state index contributed by atoms with van der Waals surface area (Å²) in [5, 5.41) is 0. The van der Waals surface area contributed by atoms with Gasteiger partial charge in [-0.15, -0.1) is 0 Å². The lowest BCUT2D eigenvalue weighted by atomic mass is 10.4. The average Bonchev–Trinajstić information content (AvgIpc) is 2.32. The van der Waals surface area contributed by atoms with E-state index in [4.69, 9.17) is 0 Å². The minimum absolute atomic E-state index is 0.0688. The van der Waals surface area contributed by atoms with Crippen molar-refractivity contribution in [2.24, 2.45) is 0 Å². The molecule has 2 aromatic rings. The second-order valence-corrected chi connectivity index (χ2v) is 6.02. The molecule has 0 atom stereocenters. The molecule has 1 aromatic carbocycles. The van der Waals surface area contributed by atoms with E-state index in [0.717, 1.165) is 16.7 Å². The third-order valence-electron chi connectivity index (χ3n) is 2.09. The summed E-state index contributed by atoms with van der Waals surface area (Å²) in [5.41, 5.74) is 0. The minimum atomic E-state index is -3.70. The number of halogens is 2. The molecule has 94 valence electrons. The predicted octanol–water partition coefficient (Wildman–Crippen LogP) is 2.78. The standard InChI is InChI=1S/C11H8BrFN2O2S/c12-8-1-4-10(5-2-8)18(16,17)15-11-6-3-9(13)7-14-11/h1-7H,(H,14,15). The summed E-state index contributed by atoms with van der Waals surface area (Å²) < 4.78 is 39.6. The molecule has 0 saturated carbocycles. The Kier molecular flexibility index (Phi) is 3.63. The van der Waals surface area contributed by atoms with E-state index < -0.39 is 15.8 Å². The molecular weight excluding hydrogens is 323 g/mol. The average molecular weight is 331 g/mol. The molecule has 0 amide bonds. The van der Waals surface area contributed by atoms with Crippen LogP contribution in [-0.4, -0.2) is 13.4 Å². The fourth-order valence-corrected chi connectivity index (χ4v) is 2.52. The molecule has 2 rings (SSSR count). The SMILES string of the molecule is O=S(=O)(Nc1ccc(F)cn1)c1ccc(Br)cc1. The largest absolute Gasteiger partial charge is 0.263 e. The molecule has 0 spiro atoms. The Balaban J connectivity index is 2.27. The van der Waals surface area contributed by atoms with Crippen LogP contribution in [0.2, 0.25) is 0 Å². The van der Waals surface area contributed by atoms with Crippen molar-refractivity contribution in [1.82, 2.24) is 4.98 Å². The van der Waals surface area contributed by atoms with Gasteiger partial charge in [0.25, 0.3) is 10.0 Å². The van der Waals surface area contributed by atoms with E-state index in [1.165, 1.54) is 18.2 Å². The van der Waals surface area contributed by atoms with Gasteiger partial charge in [0.15, 0.2) is 0 Å². The normalized spacial score (nSPS) is 11.2. The summed E-state index contributed by atoms with van der Waals surface area (Å²) in [6.07, 6.45) is 0.944. The van der Waals surface area contributed by atoms with Gasteiger partial charge in [0.1, 0.15) is 11.6 Å². The first kappa shape index (κ1) is 13.0. The first-order valence-corrected chi connectivity index (χ1v) is 7.15. The number of hydrogen-bond donors (Lipinski definition) is 1. The van der Waals surface area contributed by atoms with Crippen LogP contribution in [0.25, 0.3) is 0 Å². The molecule has 1 aromatic heterocycles. The van der Waals surface area contributed by atoms with Crippen LogP contribution in [0.15, 0.2) is 52.0 Å². The Hall–Kier alpha value is -1.47. The van der Waals surface area contributed by atoms with Crippen molar-refractivity contribution < 1.29 is 12.8 Å². The molecule has 18 heavy (non-hydrogen) atoms. The van der Waals surface area contributed by atoms with Gasteiger partial charge in [0.2, 0.25) is 0 Å². The van der Waals surface area contributed by atoms with Gasteiger partial charge in [-0.05, 0) is 36.4 Å². The third kappa shape index (κ3) is 3.05. The minimum Gasteiger partial charge on any atom is -0.263 e. The van der Waals surface area contributed by atoms with Crippen LogP contribution in [0, 0.1) is 5.82 Å². The highest BCUT2D eigenvalue weighted by atomic mass is 79.9. The van der Waals surface area contributed by atoms with Crippen molar-refractivity contribution in [2.75, 3.05) is 4.72 Å². The number of pyridine rings is 1. The summed E-state index contributed by atoms with van der Waals surface area (Å²) in [6, 6.07) is 8.53. The highest BCUT2D eigenvalue weighted by molar-refractivity contribution is 9.10. The predicted molar refractivity (Wildman–Crippen MR) is 69.1 cm³/mol. The Bertz CT molecular complexity index is 642. The van der Waals surface area contributed by atoms with E-state index in [9.17, 15) is 12.8 Å². The highest BCUT2D eigenvalue weighted by Crippen LogP contribution is 2.17. The zero-order valence-electron chi connectivity index (χ0n) is 8.97. The first-order chi connectivity index (χ1) is 8.47. The van der Waals surface area contributed by atoms with Gasteiger partial charge in [0, 0.05) is 4.47 Å². The monoisotopic (exact) mass is 330 g/mol. The molecule has 1 N–H and O–H groups in total. The van der Waals surface area contributed by atoms with Crippen molar-refractivity contribution >= 4 is 31.8 Å². The van der Waals surface area contributed by atoms with E-state index in [-0.39, 0.29) is 10.7 Å². The van der Waals surface area contributed by atoms with Gasteiger partial charge in [-0.2, -0.15) is 0 Å². The Morgan fingerprint density at radius 1 is 1.11 bits per heavy atom. The van der Waals surface area contributed by atoms with E-state index in [1.54, 1.807) is 12.1 Å². The van der Waals surface area contributed by atoms with Gasteiger partial charge in [0.05, 0.1) is 11.1 Å². The van der Waals surface area contributed by atoms with Crippen molar-refractivity contribution in [3.63, 3.8) is 0 Å². The second-order valence-electron chi connectivity index (χ2n) is 3.42. The van der Waals surface area contributed by atoms with Crippen molar-refractivity contribution in [1.29, 1.82) is 0 Å². The Morgan fingerprint density at radius 3 is 2.33 bits per heavy atom. The lowest BCUT2D eigenvalue weighted by Crippen LogP contribution is -2.13. The zero-order valence-corrected chi connectivity index (χ0v) is 11.4. The molecule has 1 heterocycles. The van der Waals surface area contributed by atoms with Crippen LogP contribution < -0.4 is 4.72 Å². The molecule has 4 nitrogen and oxygen atoms in total. The third-order valence-corrected chi connectivity index (χ3v) is 3.99. The smallest absolute Gasteiger partial charge is 0.263 e. The molecule has 0 radical (unpaired) electrons. The quantitative estimate of drug-likeness (QED) is 0.941. The van der Waals surface area contributed by atoms with E-state index in [2.05, 4.69) is 25.6 Å². The van der Waals surface area contributed by atoms with Crippen LogP contribution in [0.1, 0.15) is 0 Å². The van der Waals surface area contributed by atoms with Crippen LogP contribution in [0.5, 0.6) is 0 Å². The molecule has 0 aliphatic carbocycles. The zero-order chi connectivity index (χ0) is 13.2. The number of hydrogen-bond acceptors (Lipinski definition) is 3. The fourth-order valence-electron chi connectivity index (χ4n) is 1.25. The summed E-state index contributed by atoms with van der Waals surface area (Å²) in [5.74, 6) is -0.457. The molecule has 0 aliphatic rings. The molecule has 0 unspecified atom stereocenters. The molecule has 0 aliphatic heterocycles. The van der Waals surface area contributed by atoms with Gasteiger partial charge in [-0.25, -0.2) is 17.8 Å². The number of rotatable bonds is 3. The lowest BCUT2D eigenvalue weighted by Gasteiger charge is -2.07. The number of nitrogens with zero attached hydrogens (tertiary/aromatic N) is 1. The summed E-state index contributed by atoms with van der Waals surface area (Å²) >= 11 is 3.22. The summed E-state index contributed by atoms with van der Waals surface area (Å²) in [6.45, 7) is 0. The van der Waals surface area contributed by atoms with Crippen LogP contribution in [0.4, 0.5) is 10.2 Å². The number of nitrogens with one attached hydrogen (secondary N) is 1. The Morgan fingerprint density at radius 2 is 1.78 bits per heavy atom. The van der Waals surface area contributed by atoms with E-state index >= 15 is 0 Å². The fraction of sp³-hybridized carbons (Fsp3) is 0. The maximum atomic E-state index is 12.6. The molecular formula is C11H8BrFN2O2S. The number of anilines is 1. The van der Waals surface area contributed by atoms with Crippen LogP contribution in [0.3, 0.4) is 0 Å². The van der Waals surface area contributed by atoms with Gasteiger partial charge >= 0.3 is 0 Å². The van der Waals surface area contributed by atoms with Crippen molar-refractivity contribution in [2.45, 2.75) is 4.90 Å². The van der Waals surface area contributed by atoms with E-state index in [0.29, 0.717) is 0 Å². The number of aromatic nitrogens is 1. The van der Waals surface area contributed by atoms with Gasteiger partial charge in [-0.1, -0.05) is 15.9 Å². The number of benzene rings is 1. The Labute approximate surface area is 112 Å². The molecule has 0 fully saturated rings. The van der Waals surface area contributed by atoms with Crippen molar-refractivity contribution in [3.8, 4) is 0 Å².